The molecule has 7 heteroatoms. The van der Waals surface area contributed by atoms with Crippen LogP contribution >= 0.6 is 0 Å². The van der Waals surface area contributed by atoms with Crippen LogP contribution in [0.25, 0.3) is 0 Å². The lowest BCUT2D eigenvalue weighted by Gasteiger charge is -2.10. The van der Waals surface area contributed by atoms with Crippen molar-refractivity contribution in [3.05, 3.63) is 71.9 Å². The molecule has 2 N–H and O–H groups in total. The average molecular weight is 392 g/mol. The predicted octanol–water partition coefficient (Wildman–Crippen LogP) is 4.06. The third-order valence-corrected chi connectivity index (χ3v) is 4.20. The molecule has 7 nitrogen and oxygen atoms in total. The Bertz CT molecular complexity index is 945. The van der Waals surface area contributed by atoms with Crippen molar-refractivity contribution in [3.8, 4) is 5.75 Å². The summed E-state index contributed by atoms with van der Waals surface area (Å²) < 4.78 is 10.4. The monoisotopic (exact) mass is 392 g/mol. The highest BCUT2D eigenvalue weighted by molar-refractivity contribution is 5.89. The number of rotatable bonds is 9. The number of hydrogen-bond acceptors (Lipinski definition) is 7. The Hall–Kier alpha value is -3.61. The van der Waals surface area contributed by atoms with Crippen LogP contribution in [0.2, 0.25) is 0 Å². The summed E-state index contributed by atoms with van der Waals surface area (Å²) in [5, 5.41) is 6.44. The fraction of sp³-hybridized carbons (Fsp3) is 0.227. The molecular formula is C22H24N4O3. The number of nitrogens with zero attached hydrogens (tertiary/aromatic N) is 2. The van der Waals surface area contributed by atoms with E-state index < -0.39 is 0 Å². The minimum atomic E-state index is -0.337. The van der Waals surface area contributed by atoms with Gasteiger partial charge in [-0.25, -0.2) is 9.78 Å². The largest absolute Gasteiger partial charge is 0.496 e. The number of methoxy groups -OCH3 is 1. The molecule has 0 aliphatic rings. The summed E-state index contributed by atoms with van der Waals surface area (Å²) in [5.74, 6) is 1.74. The number of carbonyl (C=O) groups excluding carboxylic acids is 1. The molecular weight excluding hydrogens is 368 g/mol. The molecule has 0 atom stereocenters. The van der Waals surface area contributed by atoms with Crippen molar-refractivity contribution >= 4 is 23.4 Å². The first-order chi connectivity index (χ1) is 14.2. The third kappa shape index (κ3) is 5.68. The van der Waals surface area contributed by atoms with Gasteiger partial charge in [-0.3, -0.25) is 0 Å². The van der Waals surface area contributed by atoms with Crippen LogP contribution in [0.5, 0.6) is 5.75 Å². The maximum atomic E-state index is 11.7. The molecule has 0 saturated carbocycles. The Labute approximate surface area is 170 Å². The predicted molar refractivity (Wildman–Crippen MR) is 113 cm³/mol. The molecule has 0 spiro atoms. The number of anilines is 3. The molecule has 0 fully saturated rings. The second-order valence-electron chi connectivity index (χ2n) is 6.18. The molecule has 3 rings (SSSR count). The Balaban J connectivity index is 1.57. The fourth-order valence-corrected chi connectivity index (χ4v) is 2.79. The summed E-state index contributed by atoms with van der Waals surface area (Å²) in [6.45, 7) is 2.84. The summed E-state index contributed by atoms with van der Waals surface area (Å²) >= 11 is 0. The van der Waals surface area contributed by atoms with Crippen molar-refractivity contribution in [2.24, 2.45) is 0 Å². The van der Waals surface area contributed by atoms with Crippen LogP contribution in [0.1, 0.15) is 22.8 Å². The van der Waals surface area contributed by atoms with Crippen molar-refractivity contribution in [2.75, 3.05) is 30.9 Å². The molecule has 2 aromatic carbocycles. The highest BCUT2D eigenvalue weighted by atomic mass is 16.5. The molecule has 0 bridgehead atoms. The average Bonchev–Trinajstić information content (AvgIpc) is 2.75. The normalized spacial score (nSPS) is 10.3. The molecule has 0 amide bonds. The van der Waals surface area contributed by atoms with Crippen LogP contribution in [0.3, 0.4) is 0 Å². The van der Waals surface area contributed by atoms with Gasteiger partial charge in [-0.05, 0) is 55.3 Å². The molecule has 1 heterocycles. The van der Waals surface area contributed by atoms with E-state index in [1.54, 1.807) is 44.5 Å². The maximum Gasteiger partial charge on any atom is 0.338 e. The molecule has 150 valence electrons. The first kappa shape index (κ1) is 20.1. The number of carbonyl (C=O) groups is 1. The van der Waals surface area contributed by atoms with Gasteiger partial charge in [0.1, 0.15) is 11.6 Å². The molecule has 0 aliphatic heterocycles. The molecule has 0 aliphatic carbocycles. The smallest absolute Gasteiger partial charge is 0.338 e. The van der Waals surface area contributed by atoms with E-state index in [-0.39, 0.29) is 5.97 Å². The number of benzene rings is 2. The van der Waals surface area contributed by atoms with Gasteiger partial charge in [0, 0.05) is 18.4 Å². The quantitative estimate of drug-likeness (QED) is 0.531. The van der Waals surface area contributed by atoms with E-state index in [1.807, 2.05) is 30.3 Å². The van der Waals surface area contributed by atoms with Gasteiger partial charge in [-0.2, -0.15) is 4.98 Å². The van der Waals surface area contributed by atoms with Gasteiger partial charge >= 0.3 is 5.97 Å². The topological polar surface area (TPSA) is 85.4 Å². The zero-order valence-electron chi connectivity index (χ0n) is 16.5. The van der Waals surface area contributed by atoms with E-state index in [4.69, 9.17) is 9.47 Å². The zero-order valence-corrected chi connectivity index (χ0v) is 16.5. The van der Waals surface area contributed by atoms with Gasteiger partial charge in [0.2, 0.25) is 5.95 Å². The second kappa shape index (κ2) is 10.1. The number of aromatic nitrogens is 2. The molecule has 3 aromatic rings. The summed E-state index contributed by atoms with van der Waals surface area (Å²) in [6.07, 6.45) is 2.50. The fourth-order valence-electron chi connectivity index (χ4n) is 2.79. The lowest BCUT2D eigenvalue weighted by atomic mass is 10.1. The summed E-state index contributed by atoms with van der Waals surface area (Å²) in [7, 11) is 1.67. The third-order valence-electron chi connectivity index (χ3n) is 4.20. The lowest BCUT2D eigenvalue weighted by molar-refractivity contribution is 0.0526. The van der Waals surface area contributed by atoms with E-state index in [1.165, 1.54) is 0 Å². The Morgan fingerprint density at radius 3 is 2.62 bits per heavy atom. The van der Waals surface area contributed by atoms with E-state index in [9.17, 15) is 4.79 Å². The highest BCUT2D eigenvalue weighted by Gasteiger charge is 2.07. The van der Waals surface area contributed by atoms with E-state index in [0.717, 1.165) is 29.2 Å². The maximum absolute atomic E-state index is 11.7. The Morgan fingerprint density at radius 1 is 1.07 bits per heavy atom. The van der Waals surface area contributed by atoms with E-state index >= 15 is 0 Å². The van der Waals surface area contributed by atoms with Crippen molar-refractivity contribution in [3.63, 3.8) is 0 Å². The van der Waals surface area contributed by atoms with Gasteiger partial charge in [0.15, 0.2) is 0 Å². The number of hydrogen-bond donors (Lipinski definition) is 2. The second-order valence-corrected chi connectivity index (χ2v) is 6.18. The first-order valence-corrected chi connectivity index (χ1v) is 9.42. The van der Waals surface area contributed by atoms with Gasteiger partial charge in [-0.15, -0.1) is 0 Å². The van der Waals surface area contributed by atoms with Gasteiger partial charge in [0.25, 0.3) is 0 Å². The van der Waals surface area contributed by atoms with Crippen LogP contribution in [-0.2, 0) is 11.2 Å². The van der Waals surface area contributed by atoms with Crippen LogP contribution in [0.4, 0.5) is 17.5 Å². The van der Waals surface area contributed by atoms with Crippen LogP contribution in [-0.4, -0.2) is 36.2 Å². The summed E-state index contributed by atoms with van der Waals surface area (Å²) in [4.78, 5) is 20.4. The minimum Gasteiger partial charge on any atom is -0.496 e. The highest BCUT2D eigenvalue weighted by Crippen LogP contribution is 2.18. The van der Waals surface area contributed by atoms with Gasteiger partial charge in [-0.1, -0.05) is 18.2 Å². The molecule has 0 saturated heterocycles. The first-order valence-electron chi connectivity index (χ1n) is 9.42. The van der Waals surface area contributed by atoms with Crippen molar-refractivity contribution in [2.45, 2.75) is 13.3 Å². The van der Waals surface area contributed by atoms with Crippen molar-refractivity contribution in [1.82, 2.24) is 9.97 Å². The number of ether oxygens (including phenoxy) is 2. The summed E-state index contributed by atoms with van der Waals surface area (Å²) in [5.41, 5.74) is 2.42. The van der Waals surface area contributed by atoms with Crippen LogP contribution < -0.4 is 15.4 Å². The van der Waals surface area contributed by atoms with E-state index in [2.05, 4.69) is 20.6 Å². The molecule has 1 aromatic heterocycles. The van der Waals surface area contributed by atoms with Crippen LogP contribution in [0.15, 0.2) is 60.8 Å². The minimum absolute atomic E-state index is 0.337. The molecule has 0 radical (unpaired) electrons. The van der Waals surface area contributed by atoms with Crippen molar-refractivity contribution < 1.29 is 14.3 Å². The van der Waals surface area contributed by atoms with E-state index in [0.29, 0.717) is 24.7 Å². The number of nitrogens with one attached hydrogen (secondary N) is 2. The SMILES string of the molecule is CCOC(=O)c1ccc(Nc2nccc(NCCc3ccccc3OC)n2)cc1. The van der Waals surface area contributed by atoms with Crippen LogP contribution in [0, 0.1) is 0 Å². The number of esters is 1. The van der Waals surface area contributed by atoms with Gasteiger partial charge < -0.3 is 20.1 Å². The van der Waals surface area contributed by atoms with Crippen molar-refractivity contribution in [1.29, 1.82) is 0 Å². The van der Waals surface area contributed by atoms with Gasteiger partial charge in [0.05, 0.1) is 19.3 Å². The zero-order chi connectivity index (χ0) is 20.5. The Kier molecular flexibility index (Phi) is 7.00. The summed E-state index contributed by atoms with van der Waals surface area (Å²) in [6, 6.07) is 16.8. The standard InChI is InChI=1S/C22H24N4O3/c1-3-29-21(27)17-8-10-18(11-9-17)25-22-24-15-13-20(26-22)23-14-12-16-6-4-5-7-19(16)28-2/h4-11,13,15H,3,12,14H2,1-2H3,(H2,23,24,25,26). The Morgan fingerprint density at radius 2 is 1.86 bits per heavy atom. The lowest BCUT2D eigenvalue weighted by Crippen LogP contribution is -2.08. The molecule has 0 unspecified atom stereocenters. The molecule has 29 heavy (non-hydrogen) atoms. The number of para-hydroxylation sites is 1.